The Morgan fingerprint density at radius 3 is 2.03 bits per heavy atom. The number of aromatic nitrogens is 5. The van der Waals surface area contributed by atoms with Gasteiger partial charge in [-0.15, -0.1) is 10.2 Å². The van der Waals surface area contributed by atoms with Gasteiger partial charge in [-0.2, -0.15) is 15.0 Å². The van der Waals surface area contributed by atoms with Crippen LogP contribution in [0.5, 0.6) is 5.88 Å². The monoisotopic (exact) mass is 504 g/mol. The summed E-state index contributed by atoms with van der Waals surface area (Å²) in [6.45, 7) is 5.80. The molecule has 3 aromatic heterocycles. The summed E-state index contributed by atoms with van der Waals surface area (Å²) in [5, 5.41) is 34.4. The normalized spacial score (nSPS) is 11.6. The third-order valence-corrected chi connectivity index (χ3v) is 5.80. The SMILES string of the molecule is CC(C)(C)c1nn(-c2ccccn2)c(N=Nc2c(O)n(-c3ccccc3)n(-c3ccccc3)c2=O)c1C#N. The third kappa shape index (κ3) is 4.26. The zero-order valence-corrected chi connectivity index (χ0v) is 21.0. The lowest BCUT2D eigenvalue weighted by atomic mass is 9.90. The van der Waals surface area contributed by atoms with Crippen LogP contribution in [-0.4, -0.2) is 29.2 Å². The van der Waals surface area contributed by atoms with E-state index < -0.39 is 16.9 Å². The highest BCUT2D eigenvalue weighted by atomic mass is 16.3. The second kappa shape index (κ2) is 9.63. The molecule has 10 heteroatoms. The molecule has 0 amide bonds. The lowest BCUT2D eigenvalue weighted by Crippen LogP contribution is -2.20. The molecule has 0 saturated carbocycles. The number of nitrogens with zero attached hydrogens (tertiary/aromatic N) is 8. The molecule has 0 saturated heterocycles. The smallest absolute Gasteiger partial charge is 0.303 e. The van der Waals surface area contributed by atoms with Gasteiger partial charge < -0.3 is 5.11 Å². The minimum Gasteiger partial charge on any atom is -0.492 e. The van der Waals surface area contributed by atoms with E-state index in [-0.39, 0.29) is 17.1 Å². The highest BCUT2D eigenvalue weighted by Gasteiger charge is 2.29. The zero-order valence-electron chi connectivity index (χ0n) is 21.0. The summed E-state index contributed by atoms with van der Waals surface area (Å²) in [6.07, 6.45) is 1.60. The molecule has 0 aliphatic heterocycles. The highest BCUT2D eigenvalue weighted by molar-refractivity contribution is 5.58. The zero-order chi connectivity index (χ0) is 26.9. The molecular weight excluding hydrogens is 480 g/mol. The Balaban J connectivity index is 1.74. The molecule has 188 valence electrons. The maximum atomic E-state index is 13.6. The number of benzene rings is 2. The Hall–Kier alpha value is -5.30. The van der Waals surface area contributed by atoms with Crippen molar-refractivity contribution in [2.24, 2.45) is 10.2 Å². The molecule has 1 N–H and O–H groups in total. The number of hydrogen-bond acceptors (Lipinski definition) is 7. The number of pyridine rings is 1. The predicted octanol–water partition coefficient (Wildman–Crippen LogP) is 5.50. The lowest BCUT2D eigenvalue weighted by Gasteiger charge is -2.14. The first kappa shape index (κ1) is 24.4. The van der Waals surface area contributed by atoms with Gasteiger partial charge in [0.25, 0.3) is 0 Å². The van der Waals surface area contributed by atoms with Crippen molar-refractivity contribution in [3.05, 3.63) is 107 Å². The molecule has 0 aliphatic carbocycles. The van der Waals surface area contributed by atoms with Crippen LogP contribution in [0.25, 0.3) is 17.2 Å². The summed E-state index contributed by atoms with van der Waals surface area (Å²) in [7, 11) is 0. The summed E-state index contributed by atoms with van der Waals surface area (Å²) in [4.78, 5) is 17.9. The summed E-state index contributed by atoms with van der Waals surface area (Å²) >= 11 is 0. The molecule has 10 nitrogen and oxygen atoms in total. The standard InChI is InChI=1S/C28H24N8O2/c1-28(2,3)24-21(18-29)25(34(33-24)22-16-10-11-17-30-22)32-31-23-26(37)35(19-12-6-4-7-13-19)36(27(23)38)20-14-8-5-9-15-20/h4-17,37H,1-3H3. The van der Waals surface area contributed by atoms with E-state index in [2.05, 4.69) is 26.4 Å². The van der Waals surface area contributed by atoms with Crippen molar-refractivity contribution in [3.8, 4) is 29.1 Å². The minimum absolute atomic E-state index is 0.105. The summed E-state index contributed by atoms with van der Waals surface area (Å²) in [5.74, 6) is 0.141. The van der Waals surface area contributed by atoms with E-state index in [4.69, 9.17) is 0 Å². The van der Waals surface area contributed by atoms with Crippen LogP contribution in [0.2, 0.25) is 0 Å². The van der Waals surface area contributed by atoms with Gasteiger partial charge in [-0.3, -0.25) is 4.79 Å². The van der Waals surface area contributed by atoms with Gasteiger partial charge >= 0.3 is 5.56 Å². The number of rotatable bonds is 5. The molecule has 0 unspecified atom stereocenters. The van der Waals surface area contributed by atoms with E-state index >= 15 is 0 Å². The Morgan fingerprint density at radius 2 is 1.47 bits per heavy atom. The first-order chi connectivity index (χ1) is 18.3. The molecular formula is C28H24N8O2. The van der Waals surface area contributed by atoms with Gasteiger partial charge in [0, 0.05) is 11.6 Å². The average molecular weight is 505 g/mol. The van der Waals surface area contributed by atoms with E-state index in [9.17, 15) is 15.2 Å². The van der Waals surface area contributed by atoms with Crippen molar-refractivity contribution in [3.63, 3.8) is 0 Å². The van der Waals surface area contributed by atoms with E-state index in [0.29, 0.717) is 22.9 Å². The van der Waals surface area contributed by atoms with Crippen LogP contribution in [0.3, 0.4) is 0 Å². The van der Waals surface area contributed by atoms with Crippen LogP contribution in [0.1, 0.15) is 32.0 Å². The minimum atomic E-state index is -0.584. The average Bonchev–Trinajstić information content (AvgIpc) is 3.43. The predicted molar refractivity (Wildman–Crippen MR) is 142 cm³/mol. The molecule has 38 heavy (non-hydrogen) atoms. The topological polar surface area (TPSA) is 126 Å². The number of para-hydroxylation sites is 2. The number of azo groups is 1. The second-order valence-electron chi connectivity index (χ2n) is 9.48. The Labute approximate surface area is 218 Å². The molecule has 5 aromatic rings. The largest absolute Gasteiger partial charge is 0.492 e. The maximum absolute atomic E-state index is 13.6. The van der Waals surface area contributed by atoms with Gasteiger partial charge in [0.1, 0.15) is 11.6 Å². The van der Waals surface area contributed by atoms with Crippen molar-refractivity contribution >= 4 is 11.5 Å². The van der Waals surface area contributed by atoms with Gasteiger partial charge in [-0.1, -0.05) is 63.2 Å². The molecule has 3 heterocycles. The first-order valence-electron chi connectivity index (χ1n) is 11.9. The van der Waals surface area contributed by atoms with Crippen molar-refractivity contribution in [2.75, 3.05) is 0 Å². The van der Waals surface area contributed by atoms with Crippen molar-refractivity contribution in [2.45, 2.75) is 26.2 Å². The number of aromatic hydroxyl groups is 1. The third-order valence-electron chi connectivity index (χ3n) is 5.80. The van der Waals surface area contributed by atoms with Crippen molar-refractivity contribution in [1.82, 2.24) is 24.1 Å². The number of nitriles is 1. The van der Waals surface area contributed by atoms with Crippen molar-refractivity contribution in [1.29, 1.82) is 5.26 Å². The summed E-state index contributed by atoms with van der Waals surface area (Å²) < 4.78 is 4.11. The van der Waals surface area contributed by atoms with E-state index in [0.717, 1.165) is 0 Å². The van der Waals surface area contributed by atoms with Crippen LogP contribution < -0.4 is 5.56 Å². The fraction of sp³-hybridized carbons (Fsp3) is 0.143. The van der Waals surface area contributed by atoms with Crippen molar-refractivity contribution < 1.29 is 5.11 Å². The molecule has 0 spiro atoms. The Kier molecular flexibility index (Phi) is 6.18. The Bertz CT molecular complexity index is 1720. The molecule has 5 rings (SSSR count). The molecule has 0 bridgehead atoms. The van der Waals surface area contributed by atoms with Gasteiger partial charge in [-0.25, -0.2) is 14.3 Å². The van der Waals surface area contributed by atoms with Crippen LogP contribution in [-0.2, 0) is 5.41 Å². The van der Waals surface area contributed by atoms with Crippen LogP contribution in [0.15, 0.2) is 100 Å². The lowest BCUT2D eigenvalue weighted by molar-refractivity contribution is 0.426. The van der Waals surface area contributed by atoms with E-state index in [1.807, 2.05) is 32.9 Å². The van der Waals surface area contributed by atoms with Crippen LogP contribution in [0, 0.1) is 11.3 Å². The molecule has 0 radical (unpaired) electrons. The fourth-order valence-electron chi connectivity index (χ4n) is 4.04. The fourth-order valence-corrected chi connectivity index (χ4v) is 4.04. The second-order valence-corrected chi connectivity index (χ2v) is 9.48. The van der Waals surface area contributed by atoms with Gasteiger partial charge in [0.2, 0.25) is 11.6 Å². The van der Waals surface area contributed by atoms with E-state index in [1.54, 1.807) is 72.9 Å². The molecule has 0 aliphatic rings. The first-order valence-corrected chi connectivity index (χ1v) is 11.9. The van der Waals surface area contributed by atoms with Gasteiger partial charge in [0.05, 0.1) is 17.1 Å². The Morgan fingerprint density at radius 1 is 0.868 bits per heavy atom. The van der Waals surface area contributed by atoms with Crippen LogP contribution >= 0.6 is 0 Å². The molecule has 0 fully saturated rings. The van der Waals surface area contributed by atoms with Gasteiger partial charge in [-0.05, 0) is 36.4 Å². The summed E-state index contributed by atoms with van der Waals surface area (Å²) in [6, 6.07) is 25.3. The molecule has 2 aromatic carbocycles. The maximum Gasteiger partial charge on any atom is 0.303 e. The van der Waals surface area contributed by atoms with Crippen LogP contribution in [0.4, 0.5) is 11.5 Å². The highest BCUT2D eigenvalue weighted by Crippen LogP contribution is 2.35. The van der Waals surface area contributed by atoms with E-state index in [1.165, 1.54) is 14.0 Å². The van der Waals surface area contributed by atoms with Gasteiger partial charge in [0.15, 0.2) is 11.6 Å². The summed E-state index contributed by atoms with van der Waals surface area (Å²) in [5.41, 5.74) is 0.453. The quantitative estimate of drug-likeness (QED) is 0.316. The molecule has 0 atom stereocenters. The number of hydrogen-bond donors (Lipinski definition) is 1.